The molecule has 0 aromatic carbocycles. The Kier molecular flexibility index (Phi) is 5.65. The third kappa shape index (κ3) is 4.54. The molecule has 1 unspecified atom stereocenters. The highest BCUT2D eigenvalue weighted by molar-refractivity contribution is 5.77. The molecule has 1 aromatic heterocycles. The number of carbonyl (C=O) groups excluding carboxylic acids is 1. The molecule has 1 aromatic rings. The lowest BCUT2D eigenvalue weighted by molar-refractivity contribution is -0.120. The first-order valence-corrected chi connectivity index (χ1v) is 5.62. The Morgan fingerprint density at radius 3 is 3.00 bits per heavy atom. The SMILES string of the molecule is COCCNC(=O)CNC(C)c1ccnn1C. The Morgan fingerprint density at radius 1 is 1.65 bits per heavy atom. The summed E-state index contributed by atoms with van der Waals surface area (Å²) < 4.78 is 6.64. The van der Waals surface area contributed by atoms with Gasteiger partial charge in [0.1, 0.15) is 0 Å². The van der Waals surface area contributed by atoms with E-state index in [0.29, 0.717) is 13.2 Å². The summed E-state index contributed by atoms with van der Waals surface area (Å²) in [6.07, 6.45) is 1.74. The van der Waals surface area contributed by atoms with Crippen LogP contribution in [0.3, 0.4) is 0 Å². The summed E-state index contributed by atoms with van der Waals surface area (Å²) in [5.74, 6) is -0.0314. The predicted octanol–water partition coefficient (Wildman–Crippen LogP) is -0.167. The second-order valence-corrected chi connectivity index (χ2v) is 3.83. The van der Waals surface area contributed by atoms with Gasteiger partial charge in [0, 0.05) is 32.9 Å². The quantitative estimate of drug-likeness (QED) is 0.650. The molecule has 0 fully saturated rings. The van der Waals surface area contributed by atoms with E-state index in [-0.39, 0.29) is 18.5 Å². The van der Waals surface area contributed by atoms with Crippen LogP contribution in [0.1, 0.15) is 18.7 Å². The number of carbonyl (C=O) groups is 1. The standard InChI is InChI=1S/C11H20N4O2/c1-9(10-4-5-14-15(10)2)13-8-11(16)12-6-7-17-3/h4-5,9,13H,6-8H2,1-3H3,(H,12,16). The van der Waals surface area contributed by atoms with Gasteiger partial charge in [-0.1, -0.05) is 0 Å². The molecule has 96 valence electrons. The van der Waals surface area contributed by atoms with Crippen LogP contribution in [0.15, 0.2) is 12.3 Å². The maximum Gasteiger partial charge on any atom is 0.234 e. The highest BCUT2D eigenvalue weighted by Gasteiger charge is 2.10. The smallest absolute Gasteiger partial charge is 0.234 e. The molecule has 0 aliphatic heterocycles. The van der Waals surface area contributed by atoms with E-state index in [2.05, 4.69) is 15.7 Å². The third-order valence-corrected chi connectivity index (χ3v) is 2.50. The van der Waals surface area contributed by atoms with E-state index in [1.807, 2.05) is 20.0 Å². The molecule has 0 aliphatic rings. The number of rotatable bonds is 7. The van der Waals surface area contributed by atoms with Gasteiger partial charge >= 0.3 is 0 Å². The summed E-state index contributed by atoms with van der Waals surface area (Å²) >= 11 is 0. The molecule has 6 nitrogen and oxygen atoms in total. The van der Waals surface area contributed by atoms with Gasteiger partial charge in [-0.05, 0) is 13.0 Å². The summed E-state index contributed by atoms with van der Waals surface area (Å²) in [6.45, 7) is 3.36. The summed E-state index contributed by atoms with van der Waals surface area (Å²) in [6, 6.07) is 2.02. The highest BCUT2D eigenvalue weighted by atomic mass is 16.5. The number of ether oxygens (including phenoxy) is 1. The van der Waals surface area contributed by atoms with Gasteiger partial charge in [-0.25, -0.2) is 0 Å². The summed E-state index contributed by atoms with van der Waals surface area (Å²) in [5.41, 5.74) is 1.05. The Labute approximate surface area is 101 Å². The van der Waals surface area contributed by atoms with Crippen LogP contribution in [0.4, 0.5) is 0 Å². The number of nitrogens with one attached hydrogen (secondary N) is 2. The number of aromatic nitrogens is 2. The first kappa shape index (κ1) is 13.7. The van der Waals surface area contributed by atoms with Crippen molar-refractivity contribution in [3.8, 4) is 0 Å². The van der Waals surface area contributed by atoms with Crippen molar-refractivity contribution >= 4 is 5.91 Å². The van der Waals surface area contributed by atoms with Gasteiger partial charge in [0.15, 0.2) is 0 Å². The van der Waals surface area contributed by atoms with Crippen molar-refractivity contribution in [2.24, 2.45) is 7.05 Å². The summed E-state index contributed by atoms with van der Waals surface area (Å²) in [7, 11) is 3.49. The molecule has 2 N–H and O–H groups in total. The van der Waals surface area contributed by atoms with Crippen LogP contribution >= 0.6 is 0 Å². The Balaban J connectivity index is 2.26. The molecule has 1 amide bonds. The molecular formula is C11H20N4O2. The van der Waals surface area contributed by atoms with Gasteiger partial charge in [-0.15, -0.1) is 0 Å². The van der Waals surface area contributed by atoms with Crippen LogP contribution in [0.25, 0.3) is 0 Å². The van der Waals surface area contributed by atoms with Crippen molar-refractivity contribution in [2.45, 2.75) is 13.0 Å². The second kappa shape index (κ2) is 7.03. The van der Waals surface area contributed by atoms with E-state index in [1.165, 1.54) is 0 Å². The average Bonchev–Trinajstić information content (AvgIpc) is 2.73. The molecule has 0 aliphatic carbocycles. The Bertz CT molecular complexity index is 351. The van der Waals surface area contributed by atoms with E-state index < -0.39 is 0 Å². The van der Waals surface area contributed by atoms with Crippen LogP contribution < -0.4 is 10.6 Å². The molecule has 17 heavy (non-hydrogen) atoms. The first-order chi connectivity index (χ1) is 8.15. The molecule has 0 radical (unpaired) electrons. The lowest BCUT2D eigenvalue weighted by atomic mass is 10.2. The number of amides is 1. The molecule has 1 heterocycles. The zero-order chi connectivity index (χ0) is 12.7. The molecule has 0 saturated heterocycles. The molecule has 0 bridgehead atoms. The topological polar surface area (TPSA) is 68.2 Å². The van der Waals surface area contributed by atoms with Crippen molar-refractivity contribution in [2.75, 3.05) is 26.8 Å². The van der Waals surface area contributed by atoms with Crippen molar-refractivity contribution in [3.63, 3.8) is 0 Å². The second-order valence-electron chi connectivity index (χ2n) is 3.83. The minimum absolute atomic E-state index is 0.0314. The van der Waals surface area contributed by atoms with E-state index in [9.17, 15) is 4.79 Å². The molecule has 1 atom stereocenters. The first-order valence-electron chi connectivity index (χ1n) is 5.62. The molecule has 1 rings (SSSR count). The fourth-order valence-electron chi connectivity index (χ4n) is 1.51. The minimum Gasteiger partial charge on any atom is -0.383 e. The number of hydrogen-bond acceptors (Lipinski definition) is 4. The molecule has 0 spiro atoms. The predicted molar refractivity (Wildman–Crippen MR) is 64.5 cm³/mol. The van der Waals surface area contributed by atoms with Gasteiger partial charge in [0.25, 0.3) is 0 Å². The monoisotopic (exact) mass is 240 g/mol. The van der Waals surface area contributed by atoms with Gasteiger partial charge < -0.3 is 15.4 Å². The molecule has 6 heteroatoms. The van der Waals surface area contributed by atoms with Crippen LogP contribution in [0.2, 0.25) is 0 Å². The largest absolute Gasteiger partial charge is 0.383 e. The highest BCUT2D eigenvalue weighted by Crippen LogP contribution is 2.09. The summed E-state index contributed by atoms with van der Waals surface area (Å²) in [4.78, 5) is 11.4. The lowest BCUT2D eigenvalue weighted by Crippen LogP contribution is -2.36. The lowest BCUT2D eigenvalue weighted by Gasteiger charge is -2.13. The fourth-order valence-corrected chi connectivity index (χ4v) is 1.51. The zero-order valence-corrected chi connectivity index (χ0v) is 10.6. The van der Waals surface area contributed by atoms with E-state index >= 15 is 0 Å². The van der Waals surface area contributed by atoms with Crippen molar-refractivity contribution in [3.05, 3.63) is 18.0 Å². The number of aryl methyl sites for hydroxylation is 1. The van der Waals surface area contributed by atoms with E-state index in [4.69, 9.17) is 4.74 Å². The Hall–Kier alpha value is -1.40. The average molecular weight is 240 g/mol. The Morgan fingerprint density at radius 2 is 2.41 bits per heavy atom. The van der Waals surface area contributed by atoms with Crippen LogP contribution in [-0.2, 0) is 16.6 Å². The van der Waals surface area contributed by atoms with Crippen molar-refractivity contribution in [1.29, 1.82) is 0 Å². The van der Waals surface area contributed by atoms with Crippen LogP contribution in [0, 0.1) is 0 Å². The van der Waals surface area contributed by atoms with Gasteiger partial charge in [-0.3, -0.25) is 9.48 Å². The van der Waals surface area contributed by atoms with E-state index in [1.54, 1.807) is 18.0 Å². The zero-order valence-electron chi connectivity index (χ0n) is 10.6. The molecule has 0 saturated carbocycles. The number of methoxy groups -OCH3 is 1. The minimum atomic E-state index is -0.0314. The maximum absolute atomic E-state index is 11.4. The summed E-state index contributed by atoms with van der Waals surface area (Å²) in [5, 5.41) is 9.97. The normalized spacial score (nSPS) is 12.4. The van der Waals surface area contributed by atoms with Crippen LogP contribution in [0.5, 0.6) is 0 Å². The van der Waals surface area contributed by atoms with E-state index in [0.717, 1.165) is 5.69 Å². The third-order valence-electron chi connectivity index (χ3n) is 2.50. The number of hydrogen-bond donors (Lipinski definition) is 2. The fraction of sp³-hybridized carbons (Fsp3) is 0.636. The van der Waals surface area contributed by atoms with Crippen molar-refractivity contribution < 1.29 is 9.53 Å². The molecular weight excluding hydrogens is 220 g/mol. The maximum atomic E-state index is 11.4. The van der Waals surface area contributed by atoms with Crippen LogP contribution in [-0.4, -0.2) is 42.5 Å². The van der Waals surface area contributed by atoms with Gasteiger partial charge in [0.05, 0.1) is 18.8 Å². The van der Waals surface area contributed by atoms with Gasteiger partial charge in [-0.2, -0.15) is 5.10 Å². The van der Waals surface area contributed by atoms with Gasteiger partial charge in [0.2, 0.25) is 5.91 Å². The van der Waals surface area contributed by atoms with Crippen molar-refractivity contribution in [1.82, 2.24) is 20.4 Å². The number of nitrogens with zero attached hydrogens (tertiary/aromatic N) is 2.